The van der Waals surface area contributed by atoms with Crippen molar-refractivity contribution in [2.24, 2.45) is 0 Å². The van der Waals surface area contributed by atoms with E-state index in [1.807, 2.05) is 43.3 Å². The van der Waals surface area contributed by atoms with Crippen LogP contribution in [0.5, 0.6) is 0 Å². The number of benzene rings is 3. The average molecular weight is 469 g/mol. The molecule has 0 radical (unpaired) electrons. The van der Waals surface area contributed by atoms with Gasteiger partial charge >= 0.3 is 0 Å². The zero-order valence-electron chi connectivity index (χ0n) is 19.6. The van der Waals surface area contributed by atoms with Crippen molar-refractivity contribution in [3.8, 4) is 0 Å². The predicted octanol–water partition coefficient (Wildman–Crippen LogP) is 3.78. The minimum atomic E-state index is -3.82. The lowest BCUT2D eigenvalue weighted by Crippen LogP contribution is -2.34. The Morgan fingerprint density at radius 1 is 0.879 bits per heavy atom. The number of hydrogen-bond donors (Lipinski definition) is 2. The normalized spacial score (nSPS) is 11.5. The predicted molar refractivity (Wildman–Crippen MR) is 136 cm³/mol. The van der Waals surface area contributed by atoms with Crippen LogP contribution in [-0.2, 0) is 10.0 Å². The second-order valence-electron chi connectivity index (χ2n) is 7.99. The number of anilines is 2. The van der Waals surface area contributed by atoms with Crippen molar-refractivity contribution in [1.29, 1.82) is 0 Å². The van der Waals surface area contributed by atoms with Crippen LogP contribution in [0.3, 0.4) is 0 Å². The minimum absolute atomic E-state index is 0.179. The molecule has 8 heteroatoms. The van der Waals surface area contributed by atoms with Gasteiger partial charge in [0.1, 0.15) is 0 Å². The molecule has 33 heavy (non-hydrogen) atoms. The Morgan fingerprint density at radius 3 is 2.15 bits per heavy atom. The van der Waals surface area contributed by atoms with Gasteiger partial charge in [0.15, 0.2) is 0 Å². The van der Waals surface area contributed by atoms with E-state index in [1.54, 1.807) is 36.4 Å². The van der Waals surface area contributed by atoms with Crippen LogP contribution in [0.15, 0.2) is 65.6 Å². The molecule has 3 rings (SSSR count). The Balaban J connectivity index is 1.75. The summed E-state index contributed by atoms with van der Waals surface area (Å²) in [5.74, 6) is -0.179. The Morgan fingerprint density at radius 2 is 1.52 bits per heavy atom. The highest BCUT2D eigenvalue weighted by atomic mass is 32.2. The highest BCUT2D eigenvalue weighted by Gasteiger charge is 2.19. The number of fused-ring (bicyclic) bond motifs is 1. The van der Waals surface area contributed by atoms with Gasteiger partial charge in [0.05, 0.1) is 4.90 Å². The first-order chi connectivity index (χ1) is 15.8. The SMILES string of the molecule is CCN(CC)CCNC(=O)c1ccc(NS(=O)(=O)c2cccc3c(N(C)C)cccc23)cc1. The number of sulfonamides is 1. The standard InChI is InChI=1S/C25H32N4O3S/c1-5-29(6-2)18-17-26-25(30)19-13-15-20(16-14-19)27-33(31,32)24-12-8-9-21-22(24)10-7-11-23(21)28(3)4/h7-16,27H,5-6,17-18H2,1-4H3,(H,26,30). The largest absolute Gasteiger partial charge is 0.377 e. The van der Waals surface area contributed by atoms with E-state index in [0.717, 1.165) is 30.7 Å². The van der Waals surface area contributed by atoms with Crippen LogP contribution >= 0.6 is 0 Å². The molecule has 0 aliphatic carbocycles. The van der Waals surface area contributed by atoms with E-state index in [2.05, 4.69) is 28.8 Å². The first kappa shape index (κ1) is 24.5. The number of carbonyl (C=O) groups is 1. The highest BCUT2D eigenvalue weighted by molar-refractivity contribution is 7.93. The molecule has 0 saturated heterocycles. The molecule has 1 amide bonds. The van der Waals surface area contributed by atoms with E-state index in [9.17, 15) is 13.2 Å². The van der Waals surface area contributed by atoms with Crippen LogP contribution in [0.2, 0.25) is 0 Å². The minimum Gasteiger partial charge on any atom is -0.377 e. The third kappa shape index (κ3) is 5.83. The van der Waals surface area contributed by atoms with E-state index >= 15 is 0 Å². The van der Waals surface area contributed by atoms with Gasteiger partial charge in [-0.1, -0.05) is 38.1 Å². The van der Waals surface area contributed by atoms with Gasteiger partial charge in [-0.15, -0.1) is 0 Å². The number of amides is 1. The van der Waals surface area contributed by atoms with Crippen LogP contribution in [0.4, 0.5) is 11.4 Å². The smallest absolute Gasteiger partial charge is 0.262 e. The molecule has 3 aromatic carbocycles. The third-order valence-corrected chi connectivity index (χ3v) is 7.08. The molecule has 0 aliphatic heterocycles. The molecular formula is C25H32N4O3S. The molecule has 0 heterocycles. The maximum absolute atomic E-state index is 13.2. The summed E-state index contributed by atoms with van der Waals surface area (Å²) in [4.78, 5) is 16.8. The van der Waals surface area contributed by atoms with Gasteiger partial charge < -0.3 is 15.1 Å². The number of rotatable bonds is 10. The van der Waals surface area contributed by atoms with E-state index in [4.69, 9.17) is 0 Å². The average Bonchev–Trinajstić information content (AvgIpc) is 2.81. The van der Waals surface area contributed by atoms with Crippen LogP contribution in [0, 0.1) is 0 Å². The molecule has 0 bridgehead atoms. The van der Waals surface area contributed by atoms with Gasteiger partial charge in [-0.3, -0.25) is 9.52 Å². The second kappa shape index (κ2) is 10.7. The van der Waals surface area contributed by atoms with Crippen molar-refractivity contribution >= 4 is 38.1 Å². The third-order valence-electron chi connectivity index (χ3n) is 5.64. The first-order valence-corrected chi connectivity index (χ1v) is 12.6. The van der Waals surface area contributed by atoms with E-state index < -0.39 is 10.0 Å². The number of hydrogen-bond acceptors (Lipinski definition) is 5. The maximum Gasteiger partial charge on any atom is 0.262 e. The molecular weight excluding hydrogens is 436 g/mol. The fraction of sp³-hybridized carbons (Fsp3) is 0.320. The van der Waals surface area contributed by atoms with Crippen LogP contribution < -0.4 is 14.9 Å². The van der Waals surface area contributed by atoms with Gasteiger partial charge in [0.25, 0.3) is 15.9 Å². The van der Waals surface area contributed by atoms with Gasteiger partial charge in [0.2, 0.25) is 0 Å². The van der Waals surface area contributed by atoms with E-state index in [-0.39, 0.29) is 10.8 Å². The Kier molecular flexibility index (Phi) is 7.94. The summed E-state index contributed by atoms with van der Waals surface area (Å²) in [6, 6.07) is 17.3. The molecule has 0 aromatic heterocycles. The summed E-state index contributed by atoms with van der Waals surface area (Å²) >= 11 is 0. The highest BCUT2D eigenvalue weighted by Crippen LogP contribution is 2.31. The lowest BCUT2D eigenvalue weighted by molar-refractivity contribution is 0.0949. The van der Waals surface area contributed by atoms with Gasteiger partial charge in [-0.25, -0.2) is 8.42 Å². The second-order valence-corrected chi connectivity index (χ2v) is 9.64. The number of nitrogens with zero attached hydrogens (tertiary/aromatic N) is 2. The first-order valence-electron chi connectivity index (χ1n) is 11.1. The van der Waals surface area contributed by atoms with Crippen LogP contribution in [-0.4, -0.2) is 59.5 Å². The van der Waals surface area contributed by atoms with Crippen molar-refractivity contribution in [2.75, 3.05) is 49.9 Å². The summed E-state index contributed by atoms with van der Waals surface area (Å²) in [5.41, 5.74) is 1.83. The van der Waals surface area contributed by atoms with Crippen molar-refractivity contribution in [1.82, 2.24) is 10.2 Å². The lowest BCUT2D eigenvalue weighted by atomic mass is 10.1. The molecule has 0 aliphatic rings. The molecule has 3 aromatic rings. The van der Waals surface area contributed by atoms with Gasteiger partial charge in [0, 0.05) is 54.9 Å². The van der Waals surface area contributed by atoms with Gasteiger partial charge in [-0.05, 0) is 49.5 Å². The van der Waals surface area contributed by atoms with E-state index in [0.29, 0.717) is 23.2 Å². The van der Waals surface area contributed by atoms with Crippen molar-refractivity contribution in [2.45, 2.75) is 18.7 Å². The number of likely N-dealkylation sites (N-methyl/N-ethyl adjacent to an activating group) is 1. The molecule has 0 spiro atoms. The topological polar surface area (TPSA) is 81.8 Å². The monoisotopic (exact) mass is 468 g/mol. The van der Waals surface area contributed by atoms with Gasteiger partial charge in [-0.2, -0.15) is 0 Å². The molecule has 176 valence electrons. The Hall–Kier alpha value is -3.10. The lowest BCUT2D eigenvalue weighted by Gasteiger charge is -2.18. The molecule has 0 saturated carbocycles. The number of nitrogens with one attached hydrogen (secondary N) is 2. The summed E-state index contributed by atoms with van der Waals surface area (Å²) < 4.78 is 29.0. The summed E-state index contributed by atoms with van der Waals surface area (Å²) in [6.07, 6.45) is 0. The van der Waals surface area contributed by atoms with Crippen LogP contribution in [0.25, 0.3) is 10.8 Å². The van der Waals surface area contributed by atoms with Crippen molar-refractivity contribution in [3.05, 3.63) is 66.2 Å². The molecule has 7 nitrogen and oxygen atoms in total. The Labute approximate surface area is 196 Å². The van der Waals surface area contributed by atoms with Crippen LogP contribution in [0.1, 0.15) is 24.2 Å². The summed E-state index contributed by atoms with van der Waals surface area (Å²) in [5, 5.41) is 4.42. The molecule has 2 N–H and O–H groups in total. The Bertz CT molecular complexity index is 1200. The number of carbonyl (C=O) groups excluding carboxylic acids is 1. The van der Waals surface area contributed by atoms with E-state index in [1.165, 1.54) is 0 Å². The van der Waals surface area contributed by atoms with Crippen molar-refractivity contribution < 1.29 is 13.2 Å². The maximum atomic E-state index is 13.2. The molecule has 0 unspecified atom stereocenters. The fourth-order valence-corrected chi connectivity index (χ4v) is 5.04. The fourth-order valence-electron chi connectivity index (χ4n) is 3.76. The molecule has 0 fully saturated rings. The van der Waals surface area contributed by atoms with Crippen molar-refractivity contribution in [3.63, 3.8) is 0 Å². The zero-order chi connectivity index (χ0) is 24.0. The summed E-state index contributed by atoms with van der Waals surface area (Å²) in [7, 11) is 0.0326. The quantitative estimate of drug-likeness (QED) is 0.473. The zero-order valence-corrected chi connectivity index (χ0v) is 20.4. The molecule has 0 atom stereocenters. The summed E-state index contributed by atoms with van der Waals surface area (Å²) in [6.45, 7) is 7.40.